The molecule has 4 heterocycles. The summed E-state index contributed by atoms with van der Waals surface area (Å²) in [6, 6.07) is 1.77. The molecule has 258 valence electrons. The van der Waals surface area contributed by atoms with E-state index >= 15 is 0 Å². The molecule has 0 aliphatic heterocycles. The van der Waals surface area contributed by atoms with Crippen molar-refractivity contribution < 1.29 is 35.9 Å². The van der Waals surface area contributed by atoms with Crippen molar-refractivity contribution >= 4 is 35.0 Å². The number of pyridine rings is 2. The number of carbonyl (C=O) groups excluding carboxylic acids is 2. The minimum absolute atomic E-state index is 0.0126. The Morgan fingerprint density at radius 2 is 1.81 bits per heavy atom. The maximum atomic E-state index is 14.9. The minimum Gasteiger partial charge on any atom is -0.348 e. The van der Waals surface area contributed by atoms with E-state index in [1.165, 1.54) is 43.8 Å². The van der Waals surface area contributed by atoms with Crippen molar-refractivity contribution in [1.29, 1.82) is 0 Å². The fourth-order valence-corrected chi connectivity index (χ4v) is 5.25. The van der Waals surface area contributed by atoms with Crippen LogP contribution in [0.2, 0.25) is 5.15 Å². The molecule has 0 spiro atoms. The molecule has 0 bridgehead atoms. The van der Waals surface area contributed by atoms with Crippen molar-refractivity contribution in [3.05, 3.63) is 86.7 Å². The van der Waals surface area contributed by atoms with Gasteiger partial charge in [0.05, 0.1) is 35.7 Å². The number of aryl methyl sites for hydroxylation is 1. The van der Waals surface area contributed by atoms with E-state index in [1.807, 2.05) is 0 Å². The number of hydrogen-bond acceptors (Lipinski definition) is 6. The van der Waals surface area contributed by atoms with Crippen LogP contribution >= 0.6 is 23.2 Å². The monoisotopic (exact) mass is 720 g/mol. The lowest BCUT2D eigenvalue weighted by molar-refractivity contribution is -0.141. The molecule has 0 saturated carbocycles. The number of nitrogens with zero attached hydrogens (tertiary/aromatic N) is 6. The van der Waals surface area contributed by atoms with E-state index in [4.69, 9.17) is 23.2 Å². The first kappa shape index (κ1) is 36.5. The first-order valence-electron chi connectivity index (χ1n) is 14.0. The highest BCUT2D eigenvalue weighted by Gasteiger charge is 2.37. The zero-order valence-corrected chi connectivity index (χ0v) is 27.0. The number of nitrogens with one attached hydrogen (secondary N) is 2. The van der Waals surface area contributed by atoms with E-state index in [-0.39, 0.29) is 46.4 Å². The Balaban J connectivity index is 1.66. The normalized spacial score (nSPS) is 12.8. The Hall–Kier alpha value is -4.38. The van der Waals surface area contributed by atoms with Gasteiger partial charge in [-0.2, -0.15) is 32.1 Å². The second-order valence-corrected chi connectivity index (χ2v) is 12.1. The van der Waals surface area contributed by atoms with Crippen LogP contribution in [0.25, 0.3) is 11.3 Å². The summed E-state index contributed by atoms with van der Waals surface area (Å²) in [5.74, 6) is -3.10. The molecule has 1 atom stereocenters. The van der Waals surface area contributed by atoms with E-state index < -0.39 is 65.2 Å². The fraction of sp³-hybridized carbons (Fsp3) is 0.379. The Morgan fingerprint density at radius 3 is 2.42 bits per heavy atom. The van der Waals surface area contributed by atoms with Crippen molar-refractivity contribution in [3.8, 4) is 11.3 Å². The van der Waals surface area contributed by atoms with Crippen LogP contribution in [0.1, 0.15) is 47.6 Å². The van der Waals surface area contributed by atoms with Crippen molar-refractivity contribution in [3.63, 3.8) is 0 Å². The van der Waals surface area contributed by atoms with Gasteiger partial charge in [0.1, 0.15) is 11.2 Å². The predicted octanol–water partition coefficient (Wildman–Crippen LogP) is 4.76. The van der Waals surface area contributed by atoms with Gasteiger partial charge in [-0.1, -0.05) is 11.6 Å². The van der Waals surface area contributed by atoms with Crippen LogP contribution in [0.4, 0.5) is 26.3 Å². The number of alkyl halides is 6. The third-order valence-electron chi connectivity index (χ3n) is 7.03. The van der Waals surface area contributed by atoms with E-state index in [0.29, 0.717) is 10.9 Å². The van der Waals surface area contributed by atoms with Gasteiger partial charge in [-0.15, -0.1) is 11.6 Å². The topological polar surface area (TPSA) is 129 Å². The van der Waals surface area contributed by atoms with Gasteiger partial charge in [0.15, 0.2) is 11.5 Å². The highest BCUT2D eigenvalue weighted by atomic mass is 35.5. The van der Waals surface area contributed by atoms with Crippen molar-refractivity contribution in [2.45, 2.75) is 57.5 Å². The number of amides is 2. The molecule has 11 nitrogen and oxygen atoms in total. The fourth-order valence-electron chi connectivity index (χ4n) is 4.82. The Morgan fingerprint density at radius 1 is 1.10 bits per heavy atom. The van der Waals surface area contributed by atoms with Crippen LogP contribution < -0.4 is 16.2 Å². The molecule has 0 radical (unpaired) electrons. The predicted molar refractivity (Wildman–Crippen MR) is 162 cm³/mol. The number of hydrogen-bond donors (Lipinski definition) is 2. The summed E-state index contributed by atoms with van der Waals surface area (Å²) in [5, 5.41) is 12.1. The molecule has 4 rings (SSSR count). The summed E-state index contributed by atoms with van der Waals surface area (Å²) in [7, 11) is 1.42. The van der Waals surface area contributed by atoms with Gasteiger partial charge in [0.25, 0.3) is 5.91 Å². The zero-order chi connectivity index (χ0) is 35.6. The quantitative estimate of drug-likeness (QED) is 0.123. The van der Waals surface area contributed by atoms with Gasteiger partial charge in [-0.05, 0) is 38.0 Å². The Labute approximate surface area is 278 Å². The Kier molecular flexibility index (Phi) is 10.9. The number of halogens is 8. The molecule has 0 unspecified atom stereocenters. The lowest BCUT2D eigenvalue weighted by atomic mass is 10.0. The van der Waals surface area contributed by atoms with Crippen molar-refractivity contribution in [2.75, 3.05) is 5.88 Å². The summed E-state index contributed by atoms with van der Waals surface area (Å²) >= 11 is 11.9. The lowest BCUT2D eigenvalue weighted by Crippen LogP contribution is -2.55. The Bertz CT molecular complexity index is 1870. The molecular formula is C29H28Cl2F6N8O3. The van der Waals surface area contributed by atoms with Crippen molar-refractivity contribution in [1.82, 2.24) is 39.7 Å². The van der Waals surface area contributed by atoms with Gasteiger partial charge >= 0.3 is 12.7 Å². The third-order valence-corrected chi connectivity index (χ3v) is 7.54. The van der Waals surface area contributed by atoms with Crippen LogP contribution in [0.5, 0.6) is 0 Å². The van der Waals surface area contributed by atoms with Gasteiger partial charge in [0.2, 0.25) is 11.5 Å². The maximum absolute atomic E-state index is 14.9. The molecule has 19 heteroatoms. The molecule has 48 heavy (non-hydrogen) atoms. The first-order valence-corrected chi connectivity index (χ1v) is 15.0. The third kappa shape index (κ3) is 8.55. The largest absolute Gasteiger partial charge is 0.435 e. The lowest BCUT2D eigenvalue weighted by Gasteiger charge is -2.30. The molecule has 4 aromatic rings. The van der Waals surface area contributed by atoms with E-state index in [2.05, 4.69) is 25.8 Å². The van der Waals surface area contributed by atoms with E-state index in [0.717, 1.165) is 23.1 Å². The smallest absolute Gasteiger partial charge is 0.348 e. The molecule has 0 aromatic carbocycles. The number of rotatable bonds is 12. The van der Waals surface area contributed by atoms with Crippen LogP contribution in [-0.2, 0) is 37.4 Å². The molecule has 2 N–H and O–H groups in total. The number of aromatic nitrogens is 6. The van der Waals surface area contributed by atoms with Crippen LogP contribution in [0.15, 0.2) is 47.8 Å². The molecule has 0 aliphatic rings. The molecule has 0 saturated heterocycles. The minimum atomic E-state index is -4.82. The molecule has 2 amide bonds. The molecule has 4 aromatic heterocycles. The standard InChI is InChI=1S/C29H28Cl2F6N8O3/c1-28(2,14-45-20(9-21(42-45)29(35,36)37)16-4-5-22(46)43(3)13-16)41-25(47)19(8-15-10-39-44(12-15)27(33)34)40-26(48)23-17(6-7-30)24(31)38-11-18(23)32/h4-5,9-13,19,27H,6-8,14H2,1-3H3,(H,40,48)(H,41,47)/t19-/m1/s1. The van der Waals surface area contributed by atoms with E-state index in [1.54, 1.807) is 0 Å². The summed E-state index contributed by atoms with van der Waals surface area (Å²) in [6.45, 7) is -0.397. The molecule has 0 aliphatic carbocycles. The summed E-state index contributed by atoms with van der Waals surface area (Å²) < 4.78 is 84.9. The highest BCUT2D eigenvalue weighted by Crippen LogP contribution is 2.32. The second-order valence-electron chi connectivity index (χ2n) is 11.3. The molecule has 0 fully saturated rings. The summed E-state index contributed by atoms with van der Waals surface area (Å²) in [6.07, 6.45) is -1.23. The number of carbonyl (C=O) groups is 2. The van der Waals surface area contributed by atoms with Crippen molar-refractivity contribution in [2.24, 2.45) is 7.05 Å². The SMILES string of the molecule is Cn1cc(-c2cc(C(F)(F)F)nn2CC(C)(C)NC(=O)[C@@H](Cc2cnn(C(F)F)c2)NC(=O)c2c(F)cnc(Cl)c2CCCl)ccc1=O. The average Bonchev–Trinajstić information content (AvgIpc) is 3.63. The maximum Gasteiger partial charge on any atom is 0.435 e. The first-order chi connectivity index (χ1) is 22.4. The van der Waals surface area contributed by atoms with Crippen LogP contribution in [0.3, 0.4) is 0 Å². The zero-order valence-electron chi connectivity index (χ0n) is 25.5. The van der Waals surface area contributed by atoms with Gasteiger partial charge in [0, 0.05) is 48.9 Å². The summed E-state index contributed by atoms with van der Waals surface area (Å²) in [5.41, 5.74) is -3.23. The van der Waals surface area contributed by atoms with E-state index in [9.17, 15) is 40.7 Å². The van der Waals surface area contributed by atoms with Crippen LogP contribution in [0, 0.1) is 5.82 Å². The summed E-state index contributed by atoms with van der Waals surface area (Å²) in [4.78, 5) is 42.7. The van der Waals surface area contributed by atoms with Gasteiger partial charge in [-0.25, -0.2) is 14.1 Å². The molecular weight excluding hydrogens is 693 g/mol. The van der Waals surface area contributed by atoms with Crippen LogP contribution in [-0.4, -0.2) is 58.4 Å². The average molecular weight is 721 g/mol. The second kappa shape index (κ2) is 14.4. The van der Waals surface area contributed by atoms with Gasteiger partial charge in [-0.3, -0.25) is 19.1 Å². The highest BCUT2D eigenvalue weighted by molar-refractivity contribution is 6.30. The van der Waals surface area contributed by atoms with Gasteiger partial charge < -0.3 is 15.2 Å².